The number of aromatic nitrogens is 2. The van der Waals surface area contributed by atoms with Crippen molar-refractivity contribution in [1.29, 1.82) is 0 Å². The van der Waals surface area contributed by atoms with Gasteiger partial charge >= 0.3 is 11.9 Å². The first-order chi connectivity index (χ1) is 16.0. The number of hydrazone groups is 1. The highest BCUT2D eigenvalue weighted by Gasteiger charge is 2.48. The molecule has 0 saturated carbocycles. The molecular weight excluding hydrogens is 550 g/mol. The lowest BCUT2D eigenvalue weighted by Crippen LogP contribution is -3.00. The van der Waals surface area contributed by atoms with Crippen LogP contribution in [0.3, 0.4) is 0 Å². The Kier molecular flexibility index (Phi) is 11.1. The van der Waals surface area contributed by atoms with E-state index in [0.29, 0.717) is 5.02 Å². The van der Waals surface area contributed by atoms with E-state index in [-0.39, 0.29) is 47.7 Å². The Morgan fingerprint density at radius 3 is 1.78 bits per heavy atom. The Morgan fingerprint density at radius 2 is 1.39 bits per heavy atom. The number of aliphatic carboxylic acids is 2. The predicted molar refractivity (Wildman–Crippen MR) is 129 cm³/mol. The molecule has 2 N–H and O–H groups in total. The molecule has 1 unspecified atom stereocenters. The highest BCUT2D eigenvalue weighted by Crippen LogP contribution is 2.38. The van der Waals surface area contributed by atoms with Gasteiger partial charge in [0, 0.05) is 35.7 Å². The molecule has 0 spiro atoms. The summed E-state index contributed by atoms with van der Waals surface area (Å²) < 4.78 is 4.07. The van der Waals surface area contributed by atoms with Gasteiger partial charge in [0.05, 0.1) is 10.7 Å². The Hall–Kier alpha value is -2.91. The second-order valence-electron chi connectivity index (χ2n) is 8.02. The number of hydrogen-bond acceptors (Lipinski definition) is 4. The van der Waals surface area contributed by atoms with Crippen LogP contribution in [-0.2, 0) is 23.7 Å². The normalized spacial score (nSPS) is 16.0. The molecule has 192 valence electrons. The fourth-order valence-corrected chi connectivity index (χ4v) is 3.80. The van der Waals surface area contributed by atoms with Crippen molar-refractivity contribution in [2.24, 2.45) is 19.2 Å². The van der Waals surface area contributed by atoms with Crippen molar-refractivity contribution in [2.45, 2.75) is 18.9 Å². The Bertz CT molecular complexity index is 1210. The van der Waals surface area contributed by atoms with Gasteiger partial charge in [-0.3, -0.25) is 0 Å². The first-order valence-corrected chi connectivity index (χ1v) is 11.0. The lowest BCUT2D eigenvalue weighted by Gasteiger charge is -2.30. The van der Waals surface area contributed by atoms with Crippen molar-refractivity contribution >= 4 is 46.5 Å². The minimum Gasteiger partial charge on any atom is -1.00 e. The maximum Gasteiger partial charge on any atom is 0.352 e. The van der Waals surface area contributed by atoms with Crippen molar-refractivity contribution in [3.63, 3.8) is 0 Å². The van der Waals surface area contributed by atoms with Gasteiger partial charge in [-0.1, -0.05) is 23.2 Å². The van der Waals surface area contributed by atoms with Crippen molar-refractivity contribution in [1.82, 2.24) is 0 Å². The van der Waals surface area contributed by atoms with E-state index in [4.69, 9.17) is 28.3 Å². The molecule has 0 saturated heterocycles. The molecule has 3 heterocycles. The van der Waals surface area contributed by atoms with E-state index in [1.54, 1.807) is 0 Å². The zero-order chi connectivity index (χ0) is 25.0. The number of pyridine rings is 2. The number of carboxylic acid groups (broad SMARTS) is 2. The van der Waals surface area contributed by atoms with E-state index < -0.39 is 17.5 Å². The van der Waals surface area contributed by atoms with Crippen LogP contribution >= 0.6 is 23.2 Å². The first kappa shape index (κ1) is 31.1. The third-order valence-electron chi connectivity index (χ3n) is 5.34. The Morgan fingerprint density at radius 1 is 0.917 bits per heavy atom. The smallest absolute Gasteiger partial charge is 0.352 e. The maximum atomic E-state index is 11.5. The van der Waals surface area contributed by atoms with Crippen molar-refractivity contribution in [3.8, 4) is 11.1 Å². The number of carbonyl (C=O) groups is 2. The number of nitrogens with zero attached hydrogens (tertiary/aromatic N) is 4. The van der Waals surface area contributed by atoms with Gasteiger partial charge in [-0.05, 0) is 36.2 Å². The average molecular weight is 574 g/mol. The molecular formula is C24H24Cl4N4O4. The van der Waals surface area contributed by atoms with Crippen LogP contribution in [0.4, 0.5) is 5.69 Å². The minimum absolute atomic E-state index is 0. The van der Waals surface area contributed by atoms with E-state index in [0.717, 1.165) is 5.01 Å². The Balaban J connectivity index is 0.000000359. The molecule has 4 rings (SSSR count). The fourth-order valence-electron chi connectivity index (χ4n) is 3.31. The standard InChI is InChI=1S/C12H10Cl2N2O4.C12H14N2.2ClH/c1-12(11(19)20)5-8(10(17)18)15-16(12)9-3-2-6(13)4-7(9)14;1-13-7-3-11(4-8-13)12-5-9-14(2)10-6-12;;/h2-4H,5H2,1H3,(H,17,18)(H,19,20);3-10H,1-2H3;2*1H/q;+2;;/p-2. The predicted octanol–water partition coefficient (Wildman–Crippen LogP) is -2.50. The van der Waals surface area contributed by atoms with Crippen LogP contribution in [0, 0.1) is 0 Å². The molecule has 0 bridgehead atoms. The third-order valence-corrected chi connectivity index (χ3v) is 5.87. The molecule has 12 heteroatoms. The second kappa shape index (κ2) is 12.9. The zero-order valence-electron chi connectivity index (χ0n) is 19.6. The van der Waals surface area contributed by atoms with Crippen LogP contribution in [0.25, 0.3) is 11.1 Å². The fraction of sp³-hybridized carbons (Fsp3) is 0.208. The maximum absolute atomic E-state index is 11.5. The highest BCUT2D eigenvalue weighted by molar-refractivity contribution is 6.38. The summed E-state index contributed by atoms with van der Waals surface area (Å²) in [7, 11) is 4.05. The average Bonchev–Trinajstić information content (AvgIpc) is 3.15. The Labute approximate surface area is 231 Å². The summed E-state index contributed by atoms with van der Waals surface area (Å²) in [5, 5.41) is 23.9. The van der Waals surface area contributed by atoms with Crippen LogP contribution in [0.1, 0.15) is 13.3 Å². The van der Waals surface area contributed by atoms with Gasteiger partial charge in [0.15, 0.2) is 30.3 Å². The van der Waals surface area contributed by atoms with Crippen molar-refractivity contribution < 1.29 is 53.8 Å². The minimum atomic E-state index is -1.51. The summed E-state index contributed by atoms with van der Waals surface area (Å²) in [6, 6.07) is 12.9. The molecule has 0 aliphatic carbocycles. The van der Waals surface area contributed by atoms with Gasteiger partial charge in [0.2, 0.25) is 0 Å². The molecule has 1 atom stereocenters. The van der Waals surface area contributed by atoms with Crippen LogP contribution < -0.4 is 39.0 Å². The molecule has 0 amide bonds. The van der Waals surface area contributed by atoms with Gasteiger partial charge < -0.3 is 35.0 Å². The lowest BCUT2D eigenvalue weighted by atomic mass is 9.95. The molecule has 3 aromatic rings. The van der Waals surface area contributed by atoms with E-state index in [1.165, 1.54) is 36.2 Å². The molecule has 0 fully saturated rings. The molecule has 8 nitrogen and oxygen atoms in total. The van der Waals surface area contributed by atoms with Gasteiger partial charge in [0.25, 0.3) is 0 Å². The number of anilines is 1. The molecule has 1 aliphatic rings. The van der Waals surface area contributed by atoms with Gasteiger partial charge in [-0.2, -0.15) is 5.10 Å². The van der Waals surface area contributed by atoms with Crippen LogP contribution in [-0.4, -0.2) is 33.4 Å². The largest absolute Gasteiger partial charge is 1.00 e. The summed E-state index contributed by atoms with van der Waals surface area (Å²) in [5.41, 5.74) is 1.05. The van der Waals surface area contributed by atoms with Gasteiger partial charge in [-0.15, -0.1) is 0 Å². The summed E-state index contributed by atoms with van der Waals surface area (Å²) in [6.45, 7) is 1.39. The number of hydrogen-bond donors (Lipinski definition) is 2. The number of aryl methyl sites for hydroxylation is 2. The molecule has 2 aromatic heterocycles. The van der Waals surface area contributed by atoms with Gasteiger partial charge in [0.1, 0.15) is 19.8 Å². The first-order valence-electron chi connectivity index (χ1n) is 10.2. The number of benzene rings is 1. The molecule has 0 radical (unpaired) electrons. The summed E-state index contributed by atoms with van der Waals surface area (Å²) in [4.78, 5) is 22.5. The number of rotatable bonds is 4. The molecule has 1 aliphatic heterocycles. The third kappa shape index (κ3) is 7.07. The van der Waals surface area contributed by atoms with Crippen LogP contribution in [0.15, 0.2) is 72.4 Å². The van der Waals surface area contributed by atoms with Crippen LogP contribution in [0.2, 0.25) is 10.0 Å². The highest BCUT2D eigenvalue weighted by atomic mass is 35.5. The summed E-state index contributed by atoms with van der Waals surface area (Å²) in [5.74, 6) is -2.45. The molecule has 1 aromatic carbocycles. The van der Waals surface area contributed by atoms with Crippen molar-refractivity contribution in [2.75, 3.05) is 5.01 Å². The van der Waals surface area contributed by atoms with E-state index in [2.05, 4.69) is 54.2 Å². The SMILES string of the molecule is CC1(C(=O)O)CC(C(=O)O)=NN1c1ccc(Cl)cc1Cl.C[n+]1ccc(-c2cc[n+](C)cc2)cc1.[Cl-].[Cl-]. The van der Waals surface area contributed by atoms with Crippen LogP contribution in [0.5, 0.6) is 0 Å². The molecule has 36 heavy (non-hydrogen) atoms. The van der Waals surface area contributed by atoms with E-state index in [1.807, 2.05) is 23.2 Å². The monoisotopic (exact) mass is 572 g/mol. The lowest BCUT2D eigenvalue weighted by molar-refractivity contribution is -0.671. The summed E-state index contributed by atoms with van der Waals surface area (Å²) in [6.07, 6.45) is 8.01. The second-order valence-corrected chi connectivity index (χ2v) is 8.86. The number of carboxylic acids is 2. The van der Waals surface area contributed by atoms with E-state index >= 15 is 0 Å². The van der Waals surface area contributed by atoms with Crippen molar-refractivity contribution in [3.05, 3.63) is 77.3 Å². The zero-order valence-corrected chi connectivity index (χ0v) is 22.6. The van der Waals surface area contributed by atoms with E-state index in [9.17, 15) is 14.7 Å². The topological polar surface area (TPSA) is 98.0 Å². The summed E-state index contributed by atoms with van der Waals surface area (Å²) >= 11 is 11.8. The number of halogens is 4. The quantitative estimate of drug-likeness (QED) is 0.336. The van der Waals surface area contributed by atoms with Gasteiger partial charge in [-0.25, -0.2) is 23.7 Å².